The summed E-state index contributed by atoms with van der Waals surface area (Å²) in [6.45, 7) is 0.601. The monoisotopic (exact) mass is 281 g/mol. The third-order valence-corrected chi connectivity index (χ3v) is 3.14. The summed E-state index contributed by atoms with van der Waals surface area (Å²) < 4.78 is 1.88. The zero-order valence-electron chi connectivity index (χ0n) is 11.6. The minimum atomic E-state index is 0.173. The molecule has 0 amide bonds. The van der Waals surface area contributed by atoms with Crippen molar-refractivity contribution in [3.8, 4) is 17.1 Å². The molecule has 0 aliphatic carbocycles. The van der Waals surface area contributed by atoms with Crippen LogP contribution in [-0.4, -0.2) is 24.9 Å². The Morgan fingerprint density at radius 3 is 2.57 bits per heavy atom. The number of rotatable bonds is 4. The molecule has 2 heterocycles. The summed E-state index contributed by atoms with van der Waals surface area (Å²) >= 11 is 0. The molecule has 21 heavy (non-hydrogen) atoms. The molecule has 0 saturated heterocycles. The van der Waals surface area contributed by atoms with E-state index in [1.165, 1.54) is 6.20 Å². The van der Waals surface area contributed by atoms with Crippen molar-refractivity contribution in [2.45, 2.75) is 6.54 Å². The Balaban J connectivity index is 1.67. The number of pyridine rings is 1. The van der Waals surface area contributed by atoms with Crippen molar-refractivity contribution in [2.75, 3.05) is 5.32 Å². The van der Waals surface area contributed by atoms with Crippen LogP contribution in [-0.2, 0) is 13.6 Å². The number of aryl methyl sites for hydroxylation is 1. The molecule has 0 atom stereocenters. The normalized spacial score (nSPS) is 10.5. The smallest absolute Gasteiger partial charge is 0.163 e. The van der Waals surface area contributed by atoms with Crippen molar-refractivity contribution in [1.82, 2.24) is 19.7 Å². The Morgan fingerprint density at radius 1 is 1.14 bits per heavy atom. The number of nitrogens with one attached hydrogen (secondary N) is 1. The first-order valence-corrected chi connectivity index (χ1v) is 6.54. The Bertz CT molecular complexity index is 719. The first-order chi connectivity index (χ1) is 10.2. The molecule has 0 aliphatic heterocycles. The van der Waals surface area contributed by atoms with Gasteiger partial charge in [-0.3, -0.25) is 4.98 Å². The maximum Gasteiger partial charge on any atom is 0.163 e. The van der Waals surface area contributed by atoms with Gasteiger partial charge in [0, 0.05) is 18.3 Å². The van der Waals surface area contributed by atoms with E-state index >= 15 is 0 Å². The fraction of sp³-hybridized carbons (Fsp3) is 0.133. The minimum absolute atomic E-state index is 0.173. The standard InChI is InChI=1S/C15H15N5O/c1-20-10-18-19-15(20)11-2-4-12(5-3-11)16-8-13-6-7-14(21)9-17-13/h2-7,9-10,16,21H,8H2,1H3. The Hall–Kier alpha value is -2.89. The minimum Gasteiger partial charge on any atom is -0.506 e. The second-order valence-corrected chi connectivity index (χ2v) is 4.70. The molecule has 2 N–H and O–H groups in total. The zero-order valence-corrected chi connectivity index (χ0v) is 11.6. The van der Waals surface area contributed by atoms with Crippen LogP contribution in [0.3, 0.4) is 0 Å². The van der Waals surface area contributed by atoms with Gasteiger partial charge in [0.25, 0.3) is 0 Å². The third-order valence-electron chi connectivity index (χ3n) is 3.14. The summed E-state index contributed by atoms with van der Waals surface area (Å²) in [5.41, 5.74) is 2.88. The topological polar surface area (TPSA) is 75.9 Å². The fourth-order valence-electron chi connectivity index (χ4n) is 2.00. The molecule has 2 aromatic heterocycles. The molecule has 3 rings (SSSR count). The molecule has 0 bridgehead atoms. The first kappa shape index (κ1) is 13.1. The lowest BCUT2D eigenvalue weighted by Gasteiger charge is -2.07. The Labute approximate surface area is 122 Å². The lowest BCUT2D eigenvalue weighted by molar-refractivity contribution is 0.472. The predicted molar refractivity (Wildman–Crippen MR) is 79.7 cm³/mol. The van der Waals surface area contributed by atoms with Crippen molar-refractivity contribution >= 4 is 5.69 Å². The van der Waals surface area contributed by atoms with Crippen molar-refractivity contribution in [1.29, 1.82) is 0 Å². The average molecular weight is 281 g/mol. The number of aromatic hydroxyl groups is 1. The molecule has 0 saturated carbocycles. The average Bonchev–Trinajstić information content (AvgIpc) is 2.93. The van der Waals surface area contributed by atoms with Crippen LogP contribution in [0.4, 0.5) is 5.69 Å². The number of hydrogen-bond donors (Lipinski definition) is 2. The number of benzene rings is 1. The van der Waals surface area contributed by atoms with Crippen LogP contribution in [0.25, 0.3) is 11.4 Å². The molecular weight excluding hydrogens is 266 g/mol. The number of nitrogens with zero attached hydrogens (tertiary/aromatic N) is 4. The molecule has 0 unspecified atom stereocenters. The summed E-state index contributed by atoms with van der Waals surface area (Å²) in [7, 11) is 1.91. The van der Waals surface area contributed by atoms with Crippen LogP contribution in [0.15, 0.2) is 48.9 Å². The second kappa shape index (κ2) is 5.62. The van der Waals surface area contributed by atoms with Crippen LogP contribution in [0, 0.1) is 0 Å². The first-order valence-electron chi connectivity index (χ1n) is 6.54. The lowest BCUT2D eigenvalue weighted by Crippen LogP contribution is -2.01. The van der Waals surface area contributed by atoms with Crippen molar-refractivity contribution in [3.05, 3.63) is 54.6 Å². The van der Waals surface area contributed by atoms with Gasteiger partial charge in [-0.05, 0) is 36.4 Å². The fourth-order valence-corrected chi connectivity index (χ4v) is 2.00. The van der Waals surface area contributed by atoms with E-state index in [0.717, 1.165) is 22.8 Å². The highest BCUT2D eigenvalue weighted by molar-refractivity contribution is 5.59. The quantitative estimate of drug-likeness (QED) is 0.766. The second-order valence-electron chi connectivity index (χ2n) is 4.70. The number of aromatic nitrogens is 4. The summed E-state index contributed by atoms with van der Waals surface area (Å²) in [6.07, 6.45) is 3.12. The molecule has 6 heteroatoms. The molecule has 0 radical (unpaired) electrons. The molecule has 6 nitrogen and oxygen atoms in total. The third kappa shape index (κ3) is 3.00. The van der Waals surface area contributed by atoms with Gasteiger partial charge in [-0.1, -0.05) is 0 Å². The van der Waals surface area contributed by atoms with Crippen molar-refractivity contribution in [2.24, 2.45) is 7.05 Å². The van der Waals surface area contributed by atoms with Crippen LogP contribution in [0.2, 0.25) is 0 Å². The summed E-state index contributed by atoms with van der Waals surface area (Å²) in [6, 6.07) is 11.4. The summed E-state index contributed by atoms with van der Waals surface area (Å²) in [5.74, 6) is 1.01. The van der Waals surface area contributed by atoms with E-state index in [9.17, 15) is 5.11 Å². The Morgan fingerprint density at radius 2 is 1.95 bits per heavy atom. The van der Waals surface area contributed by atoms with E-state index in [1.54, 1.807) is 18.5 Å². The van der Waals surface area contributed by atoms with Crippen LogP contribution in [0.1, 0.15) is 5.69 Å². The molecule has 3 aromatic rings. The maximum atomic E-state index is 9.19. The van der Waals surface area contributed by atoms with Gasteiger partial charge in [-0.2, -0.15) is 0 Å². The highest BCUT2D eigenvalue weighted by Gasteiger charge is 2.04. The molecule has 106 valence electrons. The van der Waals surface area contributed by atoms with Gasteiger partial charge < -0.3 is 15.0 Å². The highest BCUT2D eigenvalue weighted by atomic mass is 16.3. The maximum absolute atomic E-state index is 9.19. The van der Waals surface area contributed by atoms with Gasteiger partial charge in [-0.25, -0.2) is 0 Å². The lowest BCUT2D eigenvalue weighted by atomic mass is 10.2. The van der Waals surface area contributed by atoms with Gasteiger partial charge in [0.05, 0.1) is 18.4 Å². The molecule has 0 aliphatic rings. The van der Waals surface area contributed by atoms with E-state index in [4.69, 9.17) is 0 Å². The van der Waals surface area contributed by atoms with Crippen LogP contribution >= 0.6 is 0 Å². The number of anilines is 1. The molecular formula is C15H15N5O. The number of hydrogen-bond acceptors (Lipinski definition) is 5. The van der Waals surface area contributed by atoms with Gasteiger partial charge in [-0.15, -0.1) is 10.2 Å². The predicted octanol–water partition coefficient (Wildman–Crippen LogP) is 2.19. The van der Waals surface area contributed by atoms with E-state index in [0.29, 0.717) is 6.54 Å². The van der Waals surface area contributed by atoms with Gasteiger partial charge >= 0.3 is 0 Å². The van der Waals surface area contributed by atoms with E-state index in [1.807, 2.05) is 35.9 Å². The van der Waals surface area contributed by atoms with Crippen LogP contribution < -0.4 is 5.32 Å². The molecule has 0 fully saturated rings. The SMILES string of the molecule is Cn1cnnc1-c1ccc(NCc2ccc(O)cn2)cc1. The van der Waals surface area contributed by atoms with E-state index in [2.05, 4.69) is 20.5 Å². The summed E-state index contributed by atoms with van der Waals surface area (Å²) in [4.78, 5) is 4.13. The molecule has 1 aromatic carbocycles. The van der Waals surface area contributed by atoms with Crippen molar-refractivity contribution < 1.29 is 5.11 Å². The van der Waals surface area contributed by atoms with E-state index in [-0.39, 0.29) is 5.75 Å². The van der Waals surface area contributed by atoms with Crippen LogP contribution in [0.5, 0.6) is 5.75 Å². The zero-order chi connectivity index (χ0) is 14.7. The van der Waals surface area contributed by atoms with Gasteiger partial charge in [0.1, 0.15) is 12.1 Å². The van der Waals surface area contributed by atoms with Gasteiger partial charge in [0.2, 0.25) is 0 Å². The summed E-state index contributed by atoms with van der Waals surface area (Å²) in [5, 5.41) is 20.4. The Kier molecular flexibility index (Phi) is 3.51. The highest BCUT2D eigenvalue weighted by Crippen LogP contribution is 2.19. The van der Waals surface area contributed by atoms with Gasteiger partial charge in [0.15, 0.2) is 5.82 Å². The molecule has 0 spiro atoms. The van der Waals surface area contributed by atoms with Crippen molar-refractivity contribution in [3.63, 3.8) is 0 Å². The largest absolute Gasteiger partial charge is 0.506 e. The van der Waals surface area contributed by atoms with E-state index < -0.39 is 0 Å².